The van der Waals surface area contributed by atoms with Gasteiger partial charge in [0.05, 0.1) is 18.3 Å². The second-order valence-corrected chi connectivity index (χ2v) is 3.78. The van der Waals surface area contributed by atoms with Crippen LogP contribution in [0.5, 0.6) is 0 Å². The third kappa shape index (κ3) is 1.70. The molecule has 0 amide bonds. The van der Waals surface area contributed by atoms with Gasteiger partial charge in [-0.05, 0) is 31.4 Å². The predicted octanol–water partition coefficient (Wildman–Crippen LogP) is 1.55. The Morgan fingerprint density at radius 1 is 1.50 bits per heavy atom. The van der Waals surface area contributed by atoms with E-state index in [-0.39, 0.29) is 18.0 Å². The number of hydrogen-bond donors (Lipinski definition) is 2. The normalized spacial score (nSPS) is 18.7. The molecule has 0 aliphatic heterocycles. The van der Waals surface area contributed by atoms with E-state index in [0.29, 0.717) is 5.82 Å². The first kappa shape index (κ1) is 9.40. The number of nitrogens with one attached hydrogen (secondary N) is 1. The average Bonchev–Trinajstić information content (AvgIpc) is 2.15. The van der Waals surface area contributed by atoms with Crippen molar-refractivity contribution < 1.29 is 9.50 Å². The van der Waals surface area contributed by atoms with Gasteiger partial charge in [-0.15, -0.1) is 0 Å². The molecule has 2 N–H and O–H groups in total. The molecule has 3 nitrogen and oxygen atoms in total. The molecule has 0 unspecified atom stereocenters. The number of rotatable bonds is 3. The highest BCUT2D eigenvalue weighted by atomic mass is 19.1. The maximum absolute atomic E-state index is 12.6. The highest BCUT2D eigenvalue weighted by Crippen LogP contribution is 2.34. The van der Waals surface area contributed by atoms with Crippen LogP contribution in [0.3, 0.4) is 0 Å². The van der Waals surface area contributed by atoms with E-state index in [2.05, 4.69) is 10.3 Å². The third-order valence-corrected chi connectivity index (χ3v) is 2.73. The van der Waals surface area contributed by atoms with Crippen LogP contribution in [0, 0.1) is 5.82 Å². The lowest BCUT2D eigenvalue weighted by Gasteiger charge is -2.41. The fourth-order valence-corrected chi connectivity index (χ4v) is 1.65. The van der Waals surface area contributed by atoms with Crippen molar-refractivity contribution in [1.29, 1.82) is 0 Å². The number of aliphatic hydroxyl groups excluding tert-OH is 1. The Balaban J connectivity index is 2.06. The van der Waals surface area contributed by atoms with E-state index in [4.69, 9.17) is 0 Å². The topological polar surface area (TPSA) is 45.1 Å². The Hall–Kier alpha value is -1.16. The minimum atomic E-state index is -0.345. The quantitative estimate of drug-likeness (QED) is 0.771. The van der Waals surface area contributed by atoms with Crippen LogP contribution in [-0.2, 0) is 0 Å². The zero-order chi connectivity index (χ0) is 10.0. The van der Waals surface area contributed by atoms with Crippen molar-refractivity contribution in [3.05, 3.63) is 24.1 Å². The monoisotopic (exact) mass is 196 g/mol. The molecule has 14 heavy (non-hydrogen) atoms. The van der Waals surface area contributed by atoms with Crippen molar-refractivity contribution in [2.24, 2.45) is 0 Å². The maximum atomic E-state index is 12.6. The van der Waals surface area contributed by atoms with E-state index < -0.39 is 0 Å². The summed E-state index contributed by atoms with van der Waals surface area (Å²) in [6.45, 7) is 0.103. The Kier molecular flexibility index (Phi) is 2.37. The Labute approximate surface area is 82.0 Å². The molecule has 1 aliphatic rings. The fraction of sp³-hybridized carbons (Fsp3) is 0.500. The van der Waals surface area contributed by atoms with Crippen LogP contribution in [0.1, 0.15) is 19.3 Å². The van der Waals surface area contributed by atoms with Gasteiger partial charge in [0.15, 0.2) is 0 Å². The number of pyridine rings is 1. The van der Waals surface area contributed by atoms with Crippen molar-refractivity contribution in [1.82, 2.24) is 4.98 Å². The summed E-state index contributed by atoms with van der Waals surface area (Å²) in [7, 11) is 0. The molecule has 0 spiro atoms. The van der Waals surface area contributed by atoms with Crippen molar-refractivity contribution in [3.8, 4) is 0 Å². The van der Waals surface area contributed by atoms with E-state index in [1.54, 1.807) is 6.07 Å². The molecule has 0 aromatic carbocycles. The fourth-order valence-electron chi connectivity index (χ4n) is 1.65. The molecule has 0 bridgehead atoms. The summed E-state index contributed by atoms with van der Waals surface area (Å²) in [5.74, 6) is 0.280. The molecule has 1 aromatic rings. The lowest BCUT2D eigenvalue weighted by molar-refractivity contribution is 0.144. The highest BCUT2D eigenvalue weighted by Gasteiger charge is 2.36. The predicted molar refractivity (Wildman–Crippen MR) is 51.5 cm³/mol. The minimum absolute atomic E-state index is 0.103. The van der Waals surface area contributed by atoms with Gasteiger partial charge in [0.2, 0.25) is 0 Å². The van der Waals surface area contributed by atoms with Gasteiger partial charge >= 0.3 is 0 Å². The zero-order valence-electron chi connectivity index (χ0n) is 7.83. The Morgan fingerprint density at radius 2 is 2.29 bits per heavy atom. The minimum Gasteiger partial charge on any atom is -0.394 e. The van der Waals surface area contributed by atoms with Crippen molar-refractivity contribution >= 4 is 5.82 Å². The largest absolute Gasteiger partial charge is 0.394 e. The summed E-state index contributed by atoms with van der Waals surface area (Å²) >= 11 is 0. The molecule has 4 heteroatoms. The summed E-state index contributed by atoms with van der Waals surface area (Å²) in [5, 5.41) is 12.3. The van der Waals surface area contributed by atoms with Crippen LogP contribution >= 0.6 is 0 Å². The highest BCUT2D eigenvalue weighted by molar-refractivity contribution is 5.38. The third-order valence-electron chi connectivity index (χ3n) is 2.73. The Morgan fingerprint density at radius 3 is 2.71 bits per heavy atom. The number of aliphatic hydroxyl groups is 1. The summed E-state index contributed by atoms with van der Waals surface area (Å²) < 4.78 is 12.6. The summed E-state index contributed by atoms with van der Waals surface area (Å²) in [4.78, 5) is 3.90. The standard InChI is InChI=1S/C10H13FN2O/c11-8-2-3-9(12-6-8)13-10(7-14)4-1-5-10/h2-3,6,14H,1,4-5,7H2,(H,12,13). The molecular formula is C10H13FN2O. The van der Waals surface area contributed by atoms with Gasteiger partial charge in [-0.1, -0.05) is 0 Å². The van der Waals surface area contributed by atoms with Gasteiger partial charge in [-0.2, -0.15) is 0 Å². The average molecular weight is 196 g/mol. The molecular weight excluding hydrogens is 183 g/mol. The summed E-state index contributed by atoms with van der Waals surface area (Å²) in [6.07, 6.45) is 4.19. The number of halogens is 1. The van der Waals surface area contributed by atoms with Crippen molar-refractivity contribution in [3.63, 3.8) is 0 Å². The van der Waals surface area contributed by atoms with Gasteiger partial charge in [0, 0.05) is 0 Å². The molecule has 1 aliphatic carbocycles. The first-order valence-corrected chi connectivity index (χ1v) is 4.75. The number of aromatic nitrogens is 1. The lowest BCUT2D eigenvalue weighted by atomic mass is 9.77. The number of anilines is 1. The molecule has 76 valence electrons. The maximum Gasteiger partial charge on any atom is 0.141 e. The SMILES string of the molecule is OCC1(Nc2ccc(F)cn2)CCC1. The van der Waals surface area contributed by atoms with Crippen LogP contribution in [0.4, 0.5) is 10.2 Å². The molecule has 0 radical (unpaired) electrons. The first-order chi connectivity index (χ1) is 6.74. The van der Waals surface area contributed by atoms with Gasteiger partial charge in [-0.3, -0.25) is 0 Å². The molecule has 1 saturated carbocycles. The van der Waals surface area contributed by atoms with Crippen LogP contribution in [0.15, 0.2) is 18.3 Å². The zero-order valence-corrected chi connectivity index (χ0v) is 7.83. The molecule has 1 aromatic heterocycles. The van der Waals surface area contributed by atoms with Crippen LogP contribution in [-0.4, -0.2) is 22.2 Å². The second-order valence-electron chi connectivity index (χ2n) is 3.78. The molecule has 1 heterocycles. The summed E-state index contributed by atoms with van der Waals surface area (Å²) in [6, 6.07) is 2.95. The number of nitrogens with zero attached hydrogens (tertiary/aromatic N) is 1. The van der Waals surface area contributed by atoms with E-state index in [1.807, 2.05) is 0 Å². The van der Waals surface area contributed by atoms with Crippen molar-refractivity contribution in [2.75, 3.05) is 11.9 Å². The van der Waals surface area contributed by atoms with Gasteiger partial charge < -0.3 is 10.4 Å². The van der Waals surface area contributed by atoms with Gasteiger partial charge in [-0.25, -0.2) is 9.37 Å². The number of hydrogen-bond acceptors (Lipinski definition) is 3. The smallest absolute Gasteiger partial charge is 0.141 e. The van der Waals surface area contributed by atoms with Gasteiger partial charge in [0.1, 0.15) is 11.6 Å². The lowest BCUT2D eigenvalue weighted by Crippen LogP contribution is -2.48. The van der Waals surface area contributed by atoms with E-state index in [1.165, 1.54) is 12.3 Å². The summed E-state index contributed by atoms with van der Waals surface area (Å²) in [5.41, 5.74) is -0.217. The molecule has 0 atom stereocenters. The van der Waals surface area contributed by atoms with E-state index in [0.717, 1.165) is 19.3 Å². The van der Waals surface area contributed by atoms with Gasteiger partial charge in [0.25, 0.3) is 0 Å². The molecule has 0 saturated heterocycles. The van der Waals surface area contributed by atoms with E-state index >= 15 is 0 Å². The van der Waals surface area contributed by atoms with Crippen molar-refractivity contribution in [2.45, 2.75) is 24.8 Å². The molecule has 1 fully saturated rings. The second kappa shape index (κ2) is 3.53. The van der Waals surface area contributed by atoms with Crippen LogP contribution < -0.4 is 5.32 Å². The van der Waals surface area contributed by atoms with Crippen LogP contribution in [0.2, 0.25) is 0 Å². The Bertz CT molecular complexity index is 303. The van der Waals surface area contributed by atoms with Crippen LogP contribution in [0.25, 0.3) is 0 Å². The first-order valence-electron chi connectivity index (χ1n) is 4.75. The van der Waals surface area contributed by atoms with E-state index in [9.17, 15) is 9.50 Å². The molecule has 2 rings (SSSR count).